The second kappa shape index (κ2) is 7.23. The van der Waals surface area contributed by atoms with E-state index in [4.69, 9.17) is 4.74 Å². The quantitative estimate of drug-likeness (QED) is 0.714. The lowest BCUT2D eigenvalue weighted by molar-refractivity contribution is 0.100. The van der Waals surface area contributed by atoms with Crippen LogP contribution in [0.2, 0.25) is 0 Å². The van der Waals surface area contributed by atoms with E-state index in [9.17, 15) is 9.59 Å². The smallest absolute Gasteiger partial charge is 0.276 e. The van der Waals surface area contributed by atoms with Crippen LogP contribution in [0.1, 0.15) is 33.5 Å². The molecule has 6 nitrogen and oxygen atoms in total. The Morgan fingerprint density at radius 3 is 2.58 bits per heavy atom. The van der Waals surface area contributed by atoms with E-state index in [1.54, 1.807) is 42.1 Å². The summed E-state index contributed by atoms with van der Waals surface area (Å²) in [6.45, 7) is 3.36. The molecule has 3 aromatic rings. The summed E-state index contributed by atoms with van der Waals surface area (Å²) in [5.41, 5.74) is 3.01. The summed E-state index contributed by atoms with van der Waals surface area (Å²) < 4.78 is 6.92. The summed E-state index contributed by atoms with van der Waals surface area (Å²) in [5.74, 6) is 0.319. The van der Waals surface area contributed by atoms with E-state index in [2.05, 4.69) is 10.4 Å². The van der Waals surface area contributed by atoms with Crippen molar-refractivity contribution >= 4 is 17.4 Å². The first-order valence-electron chi connectivity index (χ1n) is 8.11. The number of anilines is 1. The minimum absolute atomic E-state index is 0.0563. The van der Waals surface area contributed by atoms with Crippen molar-refractivity contribution in [3.05, 3.63) is 71.5 Å². The number of ketones is 1. The Labute approximate surface area is 151 Å². The molecule has 132 valence electrons. The van der Waals surface area contributed by atoms with E-state index in [0.29, 0.717) is 22.7 Å². The Morgan fingerprint density at radius 1 is 1.08 bits per heavy atom. The van der Waals surface area contributed by atoms with Gasteiger partial charge in [0.2, 0.25) is 0 Å². The number of benzene rings is 2. The van der Waals surface area contributed by atoms with E-state index in [0.717, 1.165) is 11.4 Å². The first kappa shape index (κ1) is 17.4. The topological polar surface area (TPSA) is 73.2 Å². The number of Topliss-reactive ketones (excluding diaryl/α,β-unsaturated/α-hetero) is 1. The normalized spacial score (nSPS) is 10.4. The van der Waals surface area contributed by atoms with Gasteiger partial charge in [0, 0.05) is 23.0 Å². The second-order valence-corrected chi connectivity index (χ2v) is 5.88. The zero-order chi connectivity index (χ0) is 18.7. The number of hydrogen-bond donors (Lipinski definition) is 1. The lowest BCUT2D eigenvalue weighted by atomic mass is 10.1. The van der Waals surface area contributed by atoms with Gasteiger partial charge in [0.1, 0.15) is 5.75 Å². The lowest BCUT2D eigenvalue weighted by Crippen LogP contribution is -2.13. The average molecular weight is 349 g/mol. The van der Waals surface area contributed by atoms with Crippen LogP contribution >= 0.6 is 0 Å². The van der Waals surface area contributed by atoms with Crippen LogP contribution in [0.3, 0.4) is 0 Å². The van der Waals surface area contributed by atoms with E-state index < -0.39 is 0 Å². The number of carbonyl (C=O) groups is 2. The highest BCUT2D eigenvalue weighted by Crippen LogP contribution is 2.19. The van der Waals surface area contributed by atoms with Gasteiger partial charge in [-0.2, -0.15) is 5.10 Å². The third-order valence-corrected chi connectivity index (χ3v) is 3.94. The van der Waals surface area contributed by atoms with Crippen molar-refractivity contribution in [2.45, 2.75) is 13.8 Å². The third kappa shape index (κ3) is 3.64. The van der Waals surface area contributed by atoms with Crippen molar-refractivity contribution in [1.82, 2.24) is 9.78 Å². The number of hydrogen-bond acceptors (Lipinski definition) is 4. The molecule has 6 heteroatoms. The zero-order valence-electron chi connectivity index (χ0n) is 14.8. The maximum Gasteiger partial charge on any atom is 0.276 e. The number of rotatable bonds is 5. The molecule has 1 amide bonds. The highest BCUT2D eigenvalue weighted by atomic mass is 16.5. The second-order valence-electron chi connectivity index (χ2n) is 5.88. The summed E-state index contributed by atoms with van der Waals surface area (Å²) in [5, 5.41) is 7.17. The molecule has 0 aliphatic rings. The minimum Gasteiger partial charge on any atom is -0.497 e. The maximum atomic E-state index is 12.5. The Bertz CT molecular complexity index is 976. The van der Waals surface area contributed by atoms with E-state index in [1.807, 2.05) is 31.2 Å². The van der Waals surface area contributed by atoms with Crippen LogP contribution in [-0.4, -0.2) is 28.6 Å². The number of methoxy groups -OCH3 is 1. The van der Waals surface area contributed by atoms with Gasteiger partial charge in [0.15, 0.2) is 11.5 Å². The molecule has 0 bridgehead atoms. The number of carbonyl (C=O) groups excluding carboxylic acids is 2. The molecule has 26 heavy (non-hydrogen) atoms. The number of ether oxygens (including phenoxy) is 1. The highest BCUT2D eigenvalue weighted by Gasteiger charge is 2.14. The fourth-order valence-electron chi connectivity index (χ4n) is 2.60. The van der Waals surface area contributed by atoms with Gasteiger partial charge >= 0.3 is 0 Å². The Hall–Kier alpha value is -3.41. The summed E-state index contributed by atoms with van der Waals surface area (Å²) in [6.07, 6.45) is 0. The van der Waals surface area contributed by atoms with Crippen molar-refractivity contribution < 1.29 is 14.3 Å². The van der Waals surface area contributed by atoms with Crippen LogP contribution in [0, 0.1) is 6.92 Å². The highest BCUT2D eigenvalue weighted by molar-refractivity contribution is 6.04. The van der Waals surface area contributed by atoms with E-state index >= 15 is 0 Å². The predicted molar refractivity (Wildman–Crippen MR) is 99.3 cm³/mol. The van der Waals surface area contributed by atoms with Crippen LogP contribution < -0.4 is 10.1 Å². The fraction of sp³-hybridized carbons (Fsp3) is 0.150. The molecule has 0 aliphatic heterocycles. The molecule has 0 radical (unpaired) electrons. The number of amides is 1. The van der Waals surface area contributed by atoms with Crippen molar-refractivity contribution in [3.8, 4) is 11.4 Å². The number of nitrogens with one attached hydrogen (secondary N) is 1. The minimum atomic E-state index is -0.338. The number of aromatic nitrogens is 2. The fourth-order valence-corrected chi connectivity index (χ4v) is 2.60. The lowest BCUT2D eigenvalue weighted by Gasteiger charge is -2.06. The molecule has 0 saturated heterocycles. The van der Waals surface area contributed by atoms with Gasteiger partial charge in [-0.25, -0.2) is 4.68 Å². The van der Waals surface area contributed by atoms with Crippen molar-refractivity contribution in [2.75, 3.05) is 12.4 Å². The van der Waals surface area contributed by atoms with Crippen LogP contribution in [0.5, 0.6) is 5.75 Å². The predicted octanol–water partition coefficient (Wildman–Crippen LogP) is 3.64. The molecule has 0 saturated carbocycles. The van der Waals surface area contributed by atoms with Crippen LogP contribution in [0.15, 0.2) is 54.6 Å². The van der Waals surface area contributed by atoms with Crippen molar-refractivity contribution in [1.29, 1.82) is 0 Å². The largest absolute Gasteiger partial charge is 0.497 e. The molecule has 1 heterocycles. The Kier molecular flexibility index (Phi) is 4.84. The molecule has 0 fully saturated rings. The van der Waals surface area contributed by atoms with Gasteiger partial charge < -0.3 is 10.1 Å². The first-order valence-corrected chi connectivity index (χ1v) is 8.11. The number of nitrogens with zero attached hydrogens (tertiary/aromatic N) is 2. The van der Waals surface area contributed by atoms with E-state index in [1.165, 1.54) is 6.92 Å². The molecule has 1 aromatic heterocycles. The third-order valence-electron chi connectivity index (χ3n) is 3.94. The molecule has 3 rings (SSSR count). The average Bonchev–Trinajstić information content (AvgIpc) is 3.04. The van der Waals surface area contributed by atoms with Crippen LogP contribution in [0.4, 0.5) is 5.69 Å². The summed E-state index contributed by atoms with van der Waals surface area (Å²) in [7, 11) is 1.60. The maximum absolute atomic E-state index is 12.5. The molecule has 0 atom stereocenters. The van der Waals surface area contributed by atoms with Crippen LogP contribution in [0.25, 0.3) is 5.69 Å². The van der Waals surface area contributed by atoms with Gasteiger partial charge in [0.05, 0.1) is 12.8 Å². The van der Waals surface area contributed by atoms with Gasteiger partial charge in [0.25, 0.3) is 5.91 Å². The first-order chi connectivity index (χ1) is 12.5. The number of aryl methyl sites for hydroxylation is 1. The van der Waals surface area contributed by atoms with Crippen LogP contribution in [-0.2, 0) is 0 Å². The van der Waals surface area contributed by atoms with Gasteiger partial charge in [-0.1, -0.05) is 18.2 Å². The standard InChI is InChI=1S/C20H19N3O3/c1-13-10-19(22-23(13)17-8-5-9-18(12-17)26-3)20(25)21-16-7-4-6-15(11-16)14(2)24/h4-12H,1-3H3,(H,21,25). The van der Waals surface area contributed by atoms with E-state index in [-0.39, 0.29) is 11.7 Å². The molecule has 0 spiro atoms. The molecular weight excluding hydrogens is 330 g/mol. The summed E-state index contributed by atoms with van der Waals surface area (Å²) >= 11 is 0. The molecule has 0 unspecified atom stereocenters. The Morgan fingerprint density at radius 2 is 1.85 bits per heavy atom. The SMILES string of the molecule is COc1cccc(-n2nc(C(=O)Nc3cccc(C(C)=O)c3)cc2C)c1. The molecular formula is C20H19N3O3. The summed E-state index contributed by atoms with van der Waals surface area (Å²) in [6, 6.07) is 16.0. The monoisotopic (exact) mass is 349 g/mol. The molecule has 1 N–H and O–H groups in total. The van der Waals surface area contributed by atoms with Crippen molar-refractivity contribution in [2.24, 2.45) is 0 Å². The Balaban J connectivity index is 1.85. The molecule has 2 aromatic carbocycles. The summed E-state index contributed by atoms with van der Waals surface area (Å²) in [4.78, 5) is 24.0. The zero-order valence-corrected chi connectivity index (χ0v) is 14.8. The molecule has 0 aliphatic carbocycles. The van der Waals surface area contributed by atoms with Gasteiger partial charge in [-0.05, 0) is 44.2 Å². The van der Waals surface area contributed by atoms with Gasteiger partial charge in [-0.3, -0.25) is 9.59 Å². The van der Waals surface area contributed by atoms with Gasteiger partial charge in [-0.15, -0.1) is 0 Å². The van der Waals surface area contributed by atoms with Crippen molar-refractivity contribution in [3.63, 3.8) is 0 Å².